The van der Waals surface area contributed by atoms with Crippen molar-refractivity contribution < 1.29 is 23.5 Å². The molecule has 1 fully saturated rings. The van der Waals surface area contributed by atoms with Gasteiger partial charge in [0.2, 0.25) is 0 Å². The average molecular weight is 267 g/mol. The van der Waals surface area contributed by atoms with E-state index in [0.717, 1.165) is 0 Å². The molecule has 1 amide bonds. The second kappa shape index (κ2) is 5.26. The number of alkyl halides is 1. The largest absolute Gasteiger partial charge is 0.511 e. The van der Waals surface area contributed by atoms with Gasteiger partial charge in [-0.2, -0.15) is 4.39 Å². The van der Waals surface area contributed by atoms with Crippen molar-refractivity contribution >= 4 is 17.7 Å². The zero-order chi connectivity index (χ0) is 13.9. The number of amides is 1. The molecule has 0 spiro atoms. The predicted molar refractivity (Wildman–Crippen MR) is 65.4 cm³/mol. The number of ether oxygens (including phenoxy) is 2. The topological polar surface area (TPSA) is 55.8 Å². The van der Waals surface area contributed by atoms with Gasteiger partial charge in [-0.1, -0.05) is 18.2 Å². The van der Waals surface area contributed by atoms with Crippen molar-refractivity contribution in [3.8, 4) is 0 Å². The van der Waals surface area contributed by atoms with Crippen LogP contribution < -0.4 is 4.90 Å². The Labute approximate surface area is 109 Å². The lowest BCUT2D eigenvalue weighted by Gasteiger charge is -2.19. The zero-order valence-corrected chi connectivity index (χ0v) is 10.5. The highest BCUT2D eigenvalue weighted by atomic mass is 19.2. The molecule has 1 heterocycles. The quantitative estimate of drug-likeness (QED) is 0.788. The van der Waals surface area contributed by atoms with E-state index in [0.29, 0.717) is 5.69 Å². The second-order valence-electron chi connectivity index (χ2n) is 4.06. The van der Waals surface area contributed by atoms with E-state index >= 15 is 0 Å². The van der Waals surface area contributed by atoms with Crippen molar-refractivity contribution in [3.63, 3.8) is 0 Å². The Morgan fingerprint density at radius 2 is 2.11 bits per heavy atom. The lowest BCUT2D eigenvalue weighted by molar-refractivity contribution is -0.157. The van der Waals surface area contributed by atoms with Crippen molar-refractivity contribution in [1.82, 2.24) is 0 Å². The number of nitrogens with zero attached hydrogens (tertiary/aromatic N) is 1. The second-order valence-corrected chi connectivity index (χ2v) is 4.06. The summed E-state index contributed by atoms with van der Waals surface area (Å²) >= 11 is 0. The summed E-state index contributed by atoms with van der Waals surface area (Å²) in [6, 6.07) is 8.66. The first kappa shape index (κ1) is 13.3. The maximum Gasteiger partial charge on any atom is 0.511 e. The number of rotatable bonds is 3. The molecule has 6 heteroatoms. The molecule has 1 aromatic rings. The molecular formula is C13H14FNO4. The van der Waals surface area contributed by atoms with Crippen LogP contribution in [0.15, 0.2) is 30.3 Å². The van der Waals surface area contributed by atoms with Gasteiger partial charge in [-0.25, -0.2) is 4.79 Å². The van der Waals surface area contributed by atoms with Crippen LogP contribution in [0, 0.1) is 0 Å². The Kier molecular flexibility index (Phi) is 3.69. The summed E-state index contributed by atoms with van der Waals surface area (Å²) in [7, 11) is 0. The van der Waals surface area contributed by atoms with Crippen LogP contribution in [-0.4, -0.2) is 31.1 Å². The zero-order valence-electron chi connectivity index (χ0n) is 10.5. The van der Waals surface area contributed by atoms with Crippen LogP contribution in [0.1, 0.15) is 13.3 Å². The lowest BCUT2D eigenvalue weighted by Crippen LogP contribution is -2.40. The molecule has 0 radical (unpaired) electrons. The van der Waals surface area contributed by atoms with Gasteiger partial charge in [-0.15, -0.1) is 0 Å². The number of anilines is 1. The molecule has 2 rings (SSSR count). The Morgan fingerprint density at radius 3 is 2.74 bits per heavy atom. The molecule has 1 aromatic carbocycles. The summed E-state index contributed by atoms with van der Waals surface area (Å²) in [5, 5.41) is 0. The number of carbonyl (C=O) groups excluding carboxylic acids is 2. The fourth-order valence-corrected chi connectivity index (χ4v) is 1.89. The molecule has 1 aliphatic heterocycles. The van der Waals surface area contributed by atoms with Crippen molar-refractivity contribution in [2.24, 2.45) is 0 Å². The van der Waals surface area contributed by atoms with Crippen molar-refractivity contribution in [2.75, 3.05) is 18.1 Å². The molecule has 0 saturated carbocycles. The van der Waals surface area contributed by atoms with Gasteiger partial charge in [-0.05, 0) is 19.1 Å². The highest BCUT2D eigenvalue weighted by Gasteiger charge is 2.52. The number of para-hydroxylation sites is 1. The van der Waals surface area contributed by atoms with Crippen LogP contribution in [-0.2, 0) is 14.3 Å². The molecule has 0 aliphatic carbocycles. The van der Waals surface area contributed by atoms with Crippen LogP contribution in [0.25, 0.3) is 0 Å². The molecule has 19 heavy (non-hydrogen) atoms. The van der Waals surface area contributed by atoms with Gasteiger partial charge in [0.05, 0.1) is 6.61 Å². The Bertz CT molecular complexity index is 479. The molecule has 102 valence electrons. The summed E-state index contributed by atoms with van der Waals surface area (Å²) in [5.74, 6) is -3.52. The van der Waals surface area contributed by atoms with Crippen LogP contribution in [0.2, 0.25) is 0 Å². The summed E-state index contributed by atoms with van der Waals surface area (Å²) < 4.78 is 23.3. The average Bonchev–Trinajstić information content (AvgIpc) is 2.67. The molecular weight excluding hydrogens is 253 g/mol. The van der Waals surface area contributed by atoms with Crippen molar-refractivity contribution in [2.45, 2.75) is 19.2 Å². The summed E-state index contributed by atoms with van der Waals surface area (Å²) in [5.41, 5.74) is 0.569. The van der Waals surface area contributed by atoms with Gasteiger partial charge in [0.15, 0.2) is 0 Å². The first-order valence-electron chi connectivity index (χ1n) is 5.98. The molecule has 0 unspecified atom stereocenters. The predicted octanol–water partition coefficient (Wildman–Crippen LogP) is 2.26. The molecule has 0 aromatic heterocycles. The highest BCUT2D eigenvalue weighted by molar-refractivity contribution is 6.01. The van der Waals surface area contributed by atoms with Crippen LogP contribution in [0.4, 0.5) is 14.9 Å². The van der Waals surface area contributed by atoms with E-state index in [1.807, 2.05) is 0 Å². The standard InChI is InChI=1S/C13H14FNO4/c1-2-18-12(17)19-13(14)8-9-15(11(13)16)10-6-4-3-5-7-10/h3-7H,2,8-9H2,1H3/t13-/m1/s1. The van der Waals surface area contributed by atoms with Crippen LogP contribution in [0.3, 0.4) is 0 Å². The summed E-state index contributed by atoms with van der Waals surface area (Å²) in [6.07, 6.45) is -1.38. The first-order valence-corrected chi connectivity index (χ1v) is 5.98. The Hall–Kier alpha value is -2.11. The third-order valence-corrected chi connectivity index (χ3v) is 2.80. The number of hydrogen-bond acceptors (Lipinski definition) is 4. The minimum atomic E-state index is -2.64. The molecule has 0 N–H and O–H groups in total. The maximum atomic E-state index is 14.3. The smallest absolute Gasteiger partial charge is 0.435 e. The van der Waals surface area contributed by atoms with E-state index in [9.17, 15) is 14.0 Å². The minimum absolute atomic E-state index is 0.0610. The Morgan fingerprint density at radius 1 is 1.42 bits per heavy atom. The van der Waals surface area contributed by atoms with Gasteiger partial charge in [0, 0.05) is 18.7 Å². The first-order chi connectivity index (χ1) is 9.07. The molecule has 0 bridgehead atoms. The van der Waals surface area contributed by atoms with Crippen LogP contribution >= 0.6 is 0 Å². The third-order valence-electron chi connectivity index (χ3n) is 2.80. The lowest BCUT2D eigenvalue weighted by atomic mass is 10.2. The monoisotopic (exact) mass is 267 g/mol. The van der Waals surface area contributed by atoms with Gasteiger partial charge in [-0.3, -0.25) is 4.79 Å². The normalized spacial score (nSPS) is 22.4. The molecule has 5 nitrogen and oxygen atoms in total. The van der Waals surface area contributed by atoms with E-state index in [2.05, 4.69) is 9.47 Å². The maximum absolute atomic E-state index is 14.3. The van der Waals surface area contributed by atoms with Gasteiger partial charge in [0.1, 0.15) is 0 Å². The Balaban J connectivity index is 2.11. The van der Waals surface area contributed by atoms with E-state index in [1.165, 1.54) is 4.90 Å². The van der Waals surface area contributed by atoms with Crippen LogP contribution in [0.5, 0.6) is 0 Å². The number of hydrogen-bond donors (Lipinski definition) is 0. The highest BCUT2D eigenvalue weighted by Crippen LogP contribution is 2.32. The van der Waals surface area contributed by atoms with Gasteiger partial charge >= 0.3 is 17.9 Å². The van der Waals surface area contributed by atoms with E-state index < -0.39 is 17.9 Å². The SMILES string of the molecule is CCOC(=O)O[C@]1(F)CCN(c2ccccc2)C1=O. The third kappa shape index (κ3) is 2.67. The molecule has 1 aliphatic rings. The number of carbonyl (C=O) groups is 2. The number of benzene rings is 1. The van der Waals surface area contributed by atoms with Crippen molar-refractivity contribution in [3.05, 3.63) is 30.3 Å². The fraction of sp³-hybridized carbons (Fsp3) is 0.385. The van der Waals surface area contributed by atoms with E-state index in [4.69, 9.17) is 0 Å². The number of halogens is 1. The minimum Gasteiger partial charge on any atom is -0.435 e. The fourth-order valence-electron chi connectivity index (χ4n) is 1.89. The van der Waals surface area contributed by atoms with Crippen molar-refractivity contribution in [1.29, 1.82) is 0 Å². The molecule has 1 atom stereocenters. The summed E-state index contributed by atoms with van der Waals surface area (Å²) in [4.78, 5) is 24.4. The van der Waals surface area contributed by atoms with E-state index in [1.54, 1.807) is 37.3 Å². The van der Waals surface area contributed by atoms with Gasteiger partial charge < -0.3 is 14.4 Å². The molecule has 1 saturated heterocycles. The van der Waals surface area contributed by atoms with E-state index in [-0.39, 0.29) is 19.6 Å². The van der Waals surface area contributed by atoms with Gasteiger partial charge in [0.25, 0.3) is 0 Å². The summed E-state index contributed by atoms with van der Waals surface area (Å²) in [6.45, 7) is 1.78.